The van der Waals surface area contributed by atoms with Gasteiger partial charge in [-0.15, -0.1) is 0 Å². The van der Waals surface area contributed by atoms with E-state index in [2.05, 4.69) is 42.3 Å². The summed E-state index contributed by atoms with van der Waals surface area (Å²) in [4.78, 5) is 0. The fourth-order valence-electron chi connectivity index (χ4n) is 9.33. The zero-order valence-electron chi connectivity index (χ0n) is 40.2. The summed E-state index contributed by atoms with van der Waals surface area (Å²) in [6.07, 6.45) is 72.8. The van der Waals surface area contributed by atoms with E-state index in [0.717, 1.165) is 0 Å². The second-order valence-corrected chi connectivity index (χ2v) is 19.1. The number of aromatic nitrogens is 2. The van der Waals surface area contributed by atoms with Crippen molar-refractivity contribution in [3.05, 3.63) is 18.2 Å². The van der Waals surface area contributed by atoms with Crippen molar-refractivity contribution >= 4 is 0 Å². The molecule has 0 spiro atoms. The molecular formula is C55H109N2+. The Morgan fingerprint density at radius 1 is 0.298 bits per heavy atom. The number of imidazole rings is 1. The van der Waals surface area contributed by atoms with E-state index in [1.54, 1.807) is 5.82 Å². The van der Waals surface area contributed by atoms with E-state index in [-0.39, 0.29) is 0 Å². The van der Waals surface area contributed by atoms with Crippen molar-refractivity contribution in [1.82, 2.24) is 4.57 Å². The van der Waals surface area contributed by atoms with Crippen molar-refractivity contribution in [2.75, 3.05) is 0 Å². The van der Waals surface area contributed by atoms with Crippen LogP contribution >= 0.6 is 0 Å². The lowest BCUT2D eigenvalue weighted by Crippen LogP contribution is -2.37. The van der Waals surface area contributed by atoms with Gasteiger partial charge in [-0.05, 0) is 32.1 Å². The van der Waals surface area contributed by atoms with Crippen LogP contribution in [0.25, 0.3) is 0 Å². The molecule has 0 saturated heterocycles. The van der Waals surface area contributed by atoms with Gasteiger partial charge in [0, 0.05) is 6.42 Å². The lowest BCUT2D eigenvalue weighted by atomic mass is 10.0. The molecule has 0 atom stereocenters. The van der Waals surface area contributed by atoms with Crippen LogP contribution in [0.15, 0.2) is 12.4 Å². The van der Waals surface area contributed by atoms with Gasteiger partial charge >= 0.3 is 0 Å². The van der Waals surface area contributed by atoms with Crippen LogP contribution in [0, 0.1) is 0 Å². The quantitative estimate of drug-likeness (QED) is 0.0459. The van der Waals surface area contributed by atoms with Gasteiger partial charge in [-0.2, -0.15) is 0 Å². The minimum absolute atomic E-state index is 1.23. The number of nitrogens with zero attached hydrogens (tertiary/aromatic N) is 2. The average molecular weight is 798 g/mol. The van der Waals surface area contributed by atoms with Gasteiger partial charge in [0.2, 0.25) is 0 Å². The second kappa shape index (κ2) is 46.3. The molecule has 0 N–H and O–H groups in total. The van der Waals surface area contributed by atoms with Crippen LogP contribution in [0.1, 0.15) is 322 Å². The van der Waals surface area contributed by atoms with Crippen molar-refractivity contribution in [3.8, 4) is 0 Å². The molecule has 57 heavy (non-hydrogen) atoms. The number of aryl methyl sites for hydroxylation is 2. The van der Waals surface area contributed by atoms with E-state index >= 15 is 0 Å². The van der Waals surface area contributed by atoms with Gasteiger partial charge in [0.1, 0.15) is 12.4 Å². The smallest absolute Gasteiger partial charge is 0.234 e. The minimum atomic E-state index is 1.23. The summed E-state index contributed by atoms with van der Waals surface area (Å²) >= 11 is 0. The van der Waals surface area contributed by atoms with E-state index < -0.39 is 0 Å². The van der Waals surface area contributed by atoms with Crippen molar-refractivity contribution in [2.24, 2.45) is 0 Å². The largest absolute Gasteiger partial charge is 0.256 e. The van der Waals surface area contributed by atoms with Gasteiger partial charge in [0.25, 0.3) is 5.82 Å². The molecule has 0 fully saturated rings. The summed E-state index contributed by atoms with van der Waals surface area (Å²) in [5.41, 5.74) is 0. The third-order valence-electron chi connectivity index (χ3n) is 13.3. The predicted octanol–water partition coefficient (Wildman–Crippen LogP) is 19.3. The fraction of sp³-hybridized carbons (Fsp3) is 0.945. The second-order valence-electron chi connectivity index (χ2n) is 19.1. The van der Waals surface area contributed by atoms with E-state index in [1.165, 1.54) is 315 Å². The highest BCUT2D eigenvalue weighted by molar-refractivity contribution is 4.84. The molecule has 2 heteroatoms. The van der Waals surface area contributed by atoms with Gasteiger partial charge in [-0.1, -0.05) is 284 Å². The molecule has 0 aliphatic heterocycles. The molecular weight excluding hydrogens is 689 g/mol. The first-order valence-electron chi connectivity index (χ1n) is 27.4. The molecule has 0 radical (unpaired) electrons. The molecule has 0 aliphatic carbocycles. The Balaban J connectivity index is 2.24. The Bertz CT molecular complexity index is 872. The molecule has 2 nitrogen and oxygen atoms in total. The molecule has 0 bridgehead atoms. The predicted molar refractivity (Wildman–Crippen MR) is 258 cm³/mol. The third-order valence-corrected chi connectivity index (χ3v) is 13.3. The van der Waals surface area contributed by atoms with E-state index in [0.29, 0.717) is 0 Å². The number of hydrogen-bond donors (Lipinski definition) is 0. The Kier molecular flexibility index (Phi) is 44.0. The number of unbranched alkanes of at least 4 members (excludes halogenated alkanes) is 43. The van der Waals surface area contributed by atoms with Gasteiger partial charge in [-0.3, -0.25) is 0 Å². The van der Waals surface area contributed by atoms with Crippen molar-refractivity contribution < 1.29 is 4.57 Å². The summed E-state index contributed by atoms with van der Waals surface area (Å²) < 4.78 is 5.33. The number of hydrogen-bond acceptors (Lipinski definition) is 0. The van der Waals surface area contributed by atoms with Gasteiger partial charge < -0.3 is 0 Å². The van der Waals surface area contributed by atoms with Crippen LogP contribution in [-0.2, 0) is 19.5 Å². The molecule has 0 amide bonds. The van der Waals surface area contributed by atoms with Gasteiger partial charge in [-0.25, -0.2) is 9.13 Å². The summed E-state index contributed by atoms with van der Waals surface area (Å²) in [6.45, 7) is 9.42. The van der Waals surface area contributed by atoms with Crippen LogP contribution in [0.5, 0.6) is 0 Å². The van der Waals surface area contributed by atoms with Crippen LogP contribution in [-0.4, -0.2) is 4.57 Å². The summed E-state index contributed by atoms with van der Waals surface area (Å²) in [6, 6.07) is 0. The summed E-state index contributed by atoms with van der Waals surface area (Å²) in [5, 5.41) is 0. The SMILES string of the molecule is CCCCCCCCCCCCCCCCCCC[n+]1ccn(CCCCCCCCCCCCCCCC)c1CCCCCCCCCCCCCCCCC. The standard InChI is InChI=1S/C55H109N2/c1-4-7-10-13-16-19-22-25-28-29-31-34-37-40-43-46-49-52-57-54-53-56(51-48-45-42-39-36-33-27-24-21-18-15-12-9-6-3)55(57)50-47-44-41-38-35-32-30-26-23-20-17-14-11-8-5-2/h53-54H,4-52H2,1-3H3/q+1. The van der Waals surface area contributed by atoms with Crippen LogP contribution < -0.4 is 4.57 Å². The number of rotatable bonds is 49. The van der Waals surface area contributed by atoms with Gasteiger partial charge in [0.05, 0.1) is 13.1 Å². The fourth-order valence-corrected chi connectivity index (χ4v) is 9.33. The molecule has 0 aliphatic rings. The van der Waals surface area contributed by atoms with Crippen molar-refractivity contribution in [2.45, 2.75) is 336 Å². The van der Waals surface area contributed by atoms with E-state index in [9.17, 15) is 0 Å². The maximum absolute atomic E-state index is 2.67. The van der Waals surface area contributed by atoms with Crippen LogP contribution in [0.4, 0.5) is 0 Å². The monoisotopic (exact) mass is 798 g/mol. The molecule has 338 valence electrons. The third kappa shape index (κ3) is 37.9. The molecule has 0 aromatic carbocycles. The normalized spacial score (nSPS) is 11.7. The lowest BCUT2D eigenvalue weighted by Gasteiger charge is -2.07. The van der Waals surface area contributed by atoms with Crippen LogP contribution in [0.2, 0.25) is 0 Å². The molecule has 0 unspecified atom stereocenters. The first-order valence-corrected chi connectivity index (χ1v) is 27.4. The minimum Gasteiger partial charge on any atom is -0.234 e. The van der Waals surface area contributed by atoms with E-state index in [1.807, 2.05) is 0 Å². The zero-order valence-corrected chi connectivity index (χ0v) is 40.2. The van der Waals surface area contributed by atoms with Crippen molar-refractivity contribution in [1.29, 1.82) is 0 Å². The highest BCUT2D eigenvalue weighted by Gasteiger charge is 2.16. The Hall–Kier alpha value is -0.790. The molecule has 1 aromatic rings. The van der Waals surface area contributed by atoms with Gasteiger partial charge in [0.15, 0.2) is 0 Å². The zero-order chi connectivity index (χ0) is 40.8. The summed E-state index contributed by atoms with van der Waals surface area (Å²) in [5.74, 6) is 1.64. The maximum Gasteiger partial charge on any atom is 0.256 e. The Morgan fingerprint density at radius 2 is 0.544 bits per heavy atom. The highest BCUT2D eigenvalue weighted by atomic mass is 15.1. The van der Waals surface area contributed by atoms with E-state index in [4.69, 9.17) is 0 Å². The first kappa shape index (κ1) is 54.2. The first-order chi connectivity index (χ1) is 28.3. The molecule has 1 rings (SSSR count). The average Bonchev–Trinajstić information content (AvgIpc) is 3.61. The highest BCUT2D eigenvalue weighted by Crippen LogP contribution is 2.18. The molecule has 1 heterocycles. The lowest BCUT2D eigenvalue weighted by molar-refractivity contribution is -0.704. The Labute approximate surface area is 361 Å². The molecule has 1 aromatic heterocycles. The maximum atomic E-state index is 2.67. The Morgan fingerprint density at radius 3 is 0.842 bits per heavy atom. The summed E-state index contributed by atoms with van der Waals surface area (Å²) in [7, 11) is 0. The molecule has 0 saturated carbocycles. The van der Waals surface area contributed by atoms with Crippen molar-refractivity contribution in [3.63, 3.8) is 0 Å². The van der Waals surface area contributed by atoms with Crippen LogP contribution in [0.3, 0.4) is 0 Å². The topological polar surface area (TPSA) is 8.81 Å².